The number of rotatable bonds is 5. The van der Waals surface area contributed by atoms with Gasteiger partial charge in [-0.25, -0.2) is 0 Å². The molecule has 0 aromatic heterocycles. The number of nitrogens with one attached hydrogen (secondary N) is 1. The molecule has 20 heavy (non-hydrogen) atoms. The van der Waals surface area contributed by atoms with Gasteiger partial charge in [0.2, 0.25) is 5.91 Å². The highest BCUT2D eigenvalue weighted by molar-refractivity contribution is 5.79. The molecule has 0 saturated heterocycles. The van der Waals surface area contributed by atoms with Crippen molar-refractivity contribution in [3.63, 3.8) is 0 Å². The molecular formula is C17H24N2O. The second-order valence-electron chi connectivity index (χ2n) is 6.65. The smallest absolute Gasteiger partial charge is 0.223 e. The Labute approximate surface area is 121 Å². The van der Waals surface area contributed by atoms with Crippen LogP contribution in [0.5, 0.6) is 0 Å². The van der Waals surface area contributed by atoms with Crippen LogP contribution in [-0.4, -0.2) is 24.9 Å². The van der Waals surface area contributed by atoms with Gasteiger partial charge in [-0.1, -0.05) is 24.3 Å². The summed E-state index contributed by atoms with van der Waals surface area (Å²) in [6.07, 6.45) is 3.61. The molecule has 1 aromatic rings. The molecule has 108 valence electrons. The van der Waals surface area contributed by atoms with Crippen LogP contribution in [0.25, 0.3) is 0 Å². The zero-order valence-corrected chi connectivity index (χ0v) is 12.4. The van der Waals surface area contributed by atoms with Gasteiger partial charge in [-0.05, 0) is 56.3 Å². The molecular weight excluding hydrogens is 248 g/mol. The summed E-state index contributed by atoms with van der Waals surface area (Å²) in [5, 5.41) is 3.14. The van der Waals surface area contributed by atoms with Gasteiger partial charge < -0.3 is 10.2 Å². The van der Waals surface area contributed by atoms with Crippen LogP contribution in [0.15, 0.2) is 24.3 Å². The number of fused-ring (bicyclic) bond motifs is 1. The maximum atomic E-state index is 12.2. The lowest BCUT2D eigenvalue weighted by molar-refractivity contribution is -0.125. The third-order valence-corrected chi connectivity index (χ3v) is 4.67. The van der Waals surface area contributed by atoms with Gasteiger partial charge in [0.25, 0.3) is 0 Å². The van der Waals surface area contributed by atoms with Crippen molar-refractivity contribution in [1.82, 2.24) is 10.2 Å². The fraction of sp³-hybridized carbons (Fsp3) is 0.588. The Morgan fingerprint density at radius 1 is 1.15 bits per heavy atom. The Balaban J connectivity index is 1.56. The van der Waals surface area contributed by atoms with Crippen molar-refractivity contribution in [1.29, 1.82) is 0 Å². The van der Waals surface area contributed by atoms with Crippen LogP contribution in [0.4, 0.5) is 0 Å². The van der Waals surface area contributed by atoms with E-state index in [-0.39, 0.29) is 11.8 Å². The van der Waals surface area contributed by atoms with Crippen LogP contribution < -0.4 is 5.32 Å². The van der Waals surface area contributed by atoms with E-state index in [1.807, 2.05) is 6.07 Å². The van der Waals surface area contributed by atoms with Crippen molar-refractivity contribution < 1.29 is 4.79 Å². The molecule has 0 bridgehead atoms. The van der Waals surface area contributed by atoms with E-state index in [2.05, 4.69) is 42.5 Å². The summed E-state index contributed by atoms with van der Waals surface area (Å²) in [6, 6.07) is 8.37. The normalized spacial score (nSPS) is 27.4. The Morgan fingerprint density at radius 2 is 1.80 bits per heavy atom. The summed E-state index contributed by atoms with van der Waals surface area (Å²) < 4.78 is 0. The Kier molecular flexibility index (Phi) is 3.79. The molecule has 0 spiro atoms. The van der Waals surface area contributed by atoms with Gasteiger partial charge in [0.05, 0.1) is 0 Å². The number of benzene rings is 1. The fourth-order valence-electron chi connectivity index (χ4n) is 3.48. The summed E-state index contributed by atoms with van der Waals surface area (Å²) in [7, 11) is 4.14. The molecule has 1 N–H and O–H groups in total. The first kappa shape index (κ1) is 13.6. The Bertz CT molecular complexity index is 488. The van der Waals surface area contributed by atoms with Gasteiger partial charge in [0.1, 0.15) is 0 Å². The van der Waals surface area contributed by atoms with Crippen LogP contribution in [0, 0.1) is 17.8 Å². The molecule has 2 saturated carbocycles. The predicted molar refractivity (Wildman–Crippen MR) is 80.0 cm³/mol. The first-order chi connectivity index (χ1) is 9.63. The summed E-state index contributed by atoms with van der Waals surface area (Å²) in [4.78, 5) is 14.4. The number of amides is 1. The monoisotopic (exact) mass is 272 g/mol. The zero-order chi connectivity index (χ0) is 14.1. The van der Waals surface area contributed by atoms with Crippen LogP contribution in [0.2, 0.25) is 0 Å². The van der Waals surface area contributed by atoms with Crippen molar-refractivity contribution in [2.75, 3.05) is 14.1 Å². The third kappa shape index (κ3) is 3.04. The van der Waals surface area contributed by atoms with E-state index in [1.165, 1.54) is 17.5 Å². The molecule has 1 amide bonds. The lowest BCUT2D eigenvalue weighted by Gasteiger charge is -2.16. The van der Waals surface area contributed by atoms with Gasteiger partial charge in [0.15, 0.2) is 0 Å². The van der Waals surface area contributed by atoms with E-state index in [4.69, 9.17) is 0 Å². The number of carbonyl (C=O) groups excluding carboxylic acids is 1. The summed E-state index contributed by atoms with van der Waals surface area (Å²) in [6.45, 7) is 1.58. The Hall–Kier alpha value is -1.35. The lowest BCUT2D eigenvalue weighted by Crippen LogP contribution is -2.30. The molecule has 2 aliphatic carbocycles. The summed E-state index contributed by atoms with van der Waals surface area (Å²) >= 11 is 0. The van der Waals surface area contributed by atoms with Crippen molar-refractivity contribution in [2.24, 2.45) is 17.8 Å². The average Bonchev–Trinajstić information content (AvgIpc) is 3.03. The van der Waals surface area contributed by atoms with Gasteiger partial charge >= 0.3 is 0 Å². The van der Waals surface area contributed by atoms with E-state index in [9.17, 15) is 4.79 Å². The highest BCUT2D eigenvalue weighted by Crippen LogP contribution is 2.54. The maximum absolute atomic E-state index is 12.2. The van der Waals surface area contributed by atoms with E-state index < -0.39 is 0 Å². The van der Waals surface area contributed by atoms with Crippen molar-refractivity contribution in [3.05, 3.63) is 35.4 Å². The SMILES string of the molecule is CN(C)Cc1ccccc1CNC(=O)C1CC2CC2C1. The molecule has 3 nitrogen and oxygen atoms in total. The summed E-state index contributed by atoms with van der Waals surface area (Å²) in [5.41, 5.74) is 2.53. The molecule has 0 aliphatic heterocycles. The van der Waals surface area contributed by atoms with Crippen molar-refractivity contribution >= 4 is 5.91 Å². The minimum absolute atomic E-state index is 0.261. The molecule has 1 aromatic carbocycles. The first-order valence-electron chi connectivity index (χ1n) is 7.62. The summed E-state index contributed by atoms with van der Waals surface area (Å²) in [5.74, 6) is 2.27. The number of nitrogens with zero attached hydrogens (tertiary/aromatic N) is 1. The van der Waals surface area contributed by atoms with E-state index >= 15 is 0 Å². The second-order valence-corrected chi connectivity index (χ2v) is 6.65. The van der Waals surface area contributed by atoms with Crippen LogP contribution >= 0.6 is 0 Å². The molecule has 2 fully saturated rings. The van der Waals surface area contributed by atoms with E-state index in [0.29, 0.717) is 6.54 Å². The third-order valence-electron chi connectivity index (χ3n) is 4.67. The fourth-order valence-corrected chi connectivity index (χ4v) is 3.48. The molecule has 0 radical (unpaired) electrons. The lowest BCUT2D eigenvalue weighted by atomic mass is 10.0. The largest absolute Gasteiger partial charge is 0.352 e. The molecule has 0 heterocycles. The molecule has 2 atom stereocenters. The number of hydrogen-bond acceptors (Lipinski definition) is 2. The average molecular weight is 272 g/mol. The quantitative estimate of drug-likeness (QED) is 0.893. The number of carbonyl (C=O) groups is 1. The van der Waals surface area contributed by atoms with Gasteiger partial charge in [-0.15, -0.1) is 0 Å². The predicted octanol–water partition coefficient (Wildman–Crippen LogP) is 2.41. The minimum Gasteiger partial charge on any atom is -0.352 e. The van der Waals surface area contributed by atoms with Gasteiger partial charge in [-0.2, -0.15) is 0 Å². The highest BCUT2D eigenvalue weighted by atomic mass is 16.1. The van der Waals surface area contributed by atoms with E-state index in [1.54, 1.807) is 0 Å². The van der Waals surface area contributed by atoms with Crippen LogP contribution in [0.1, 0.15) is 30.4 Å². The van der Waals surface area contributed by atoms with Crippen molar-refractivity contribution in [3.8, 4) is 0 Å². The van der Waals surface area contributed by atoms with Crippen molar-refractivity contribution in [2.45, 2.75) is 32.4 Å². The van der Waals surface area contributed by atoms with Gasteiger partial charge in [-0.3, -0.25) is 4.79 Å². The van der Waals surface area contributed by atoms with E-state index in [0.717, 1.165) is 31.2 Å². The first-order valence-corrected chi connectivity index (χ1v) is 7.62. The molecule has 3 heteroatoms. The van der Waals surface area contributed by atoms with Crippen LogP contribution in [-0.2, 0) is 17.9 Å². The Morgan fingerprint density at radius 3 is 2.45 bits per heavy atom. The molecule has 2 unspecified atom stereocenters. The molecule has 3 rings (SSSR count). The number of hydrogen-bond donors (Lipinski definition) is 1. The standard InChI is InChI=1S/C17H24N2O/c1-19(2)11-13-6-4-3-5-12(13)10-18-17(20)16-8-14-7-15(14)9-16/h3-6,14-16H,7-11H2,1-2H3,(H,18,20). The van der Waals surface area contributed by atoms with Gasteiger partial charge in [0, 0.05) is 19.0 Å². The maximum Gasteiger partial charge on any atom is 0.223 e. The molecule has 2 aliphatic rings. The topological polar surface area (TPSA) is 32.3 Å². The minimum atomic E-state index is 0.261. The van der Waals surface area contributed by atoms with Crippen LogP contribution in [0.3, 0.4) is 0 Å². The zero-order valence-electron chi connectivity index (χ0n) is 12.4. The second kappa shape index (κ2) is 5.57. The highest BCUT2D eigenvalue weighted by Gasteiger charge is 2.47.